The summed E-state index contributed by atoms with van der Waals surface area (Å²) < 4.78 is 49.7. The van der Waals surface area contributed by atoms with Gasteiger partial charge in [-0.25, -0.2) is 0 Å². The smallest absolute Gasteiger partial charge is 0.308 e. The highest BCUT2D eigenvalue weighted by atomic mass is 19.4. The summed E-state index contributed by atoms with van der Waals surface area (Å²) in [6.45, 7) is 1.70. The summed E-state index contributed by atoms with van der Waals surface area (Å²) in [7, 11) is 0. The zero-order valence-electron chi connectivity index (χ0n) is 37.1. The number of aryl methyl sites for hydroxylation is 1. The summed E-state index contributed by atoms with van der Waals surface area (Å²) in [6, 6.07) is 66.9. The molecular weight excluding hydrogens is 860 g/mol. The molecule has 5 nitrogen and oxygen atoms in total. The van der Waals surface area contributed by atoms with Gasteiger partial charge in [0.2, 0.25) is 0 Å². The molecule has 12 aromatic rings. The fraction of sp³-hybridized carbons (Fsp3) is 0.0328. The quantitative estimate of drug-likeness (QED) is 0.160. The molecule has 0 N–H and O–H groups in total. The van der Waals surface area contributed by atoms with Crippen LogP contribution in [-0.2, 0) is 6.18 Å². The van der Waals surface area contributed by atoms with E-state index in [0.29, 0.717) is 28.1 Å². The summed E-state index contributed by atoms with van der Waals surface area (Å²) in [6.07, 6.45) is -1.07. The van der Waals surface area contributed by atoms with Crippen LogP contribution < -0.4 is 0 Å². The lowest BCUT2D eigenvalue weighted by Crippen LogP contribution is -2.10. The van der Waals surface area contributed by atoms with Crippen LogP contribution in [-0.4, -0.2) is 19.1 Å². The number of hydrogen-bond acceptors (Lipinski definition) is 3. The van der Waals surface area contributed by atoms with Gasteiger partial charge in [-0.05, 0) is 101 Å². The second-order valence-electron chi connectivity index (χ2n) is 17.2. The molecule has 0 aliphatic heterocycles. The van der Waals surface area contributed by atoms with Crippen LogP contribution in [0.1, 0.15) is 16.7 Å². The van der Waals surface area contributed by atoms with Crippen LogP contribution in [0, 0.1) is 18.3 Å². The van der Waals surface area contributed by atoms with Crippen molar-refractivity contribution in [1.82, 2.24) is 19.1 Å². The molecule has 12 rings (SSSR count). The van der Waals surface area contributed by atoms with Crippen LogP contribution in [0.2, 0.25) is 0 Å². The summed E-state index contributed by atoms with van der Waals surface area (Å²) in [4.78, 5) is 9.60. The van der Waals surface area contributed by atoms with Crippen LogP contribution >= 0.6 is 0 Å². The third kappa shape index (κ3) is 6.86. The Morgan fingerprint density at radius 3 is 1.38 bits per heavy atom. The number of alkyl halides is 3. The van der Waals surface area contributed by atoms with Gasteiger partial charge >= 0.3 is 6.18 Å². The zero-order valence-corrected chi connectivity index (χ0v) is 37.1. The summed E-state index contributed by atoms with van der Waals surface area (Å²) in [5.41, 5.74) is 12.0. The van der Waals surface area contributed by atoms with Gasteiger partial charge in [0.1, 0.15) is 11.6 Å². The lowest BCUT2D eigenvalue weighted by atomic mass is 9.92. The highest BCUT2D eigenvalue weighted by Crippen LogP contribution is 2.45. The number of nitriles is 1. The second-order valence-corrected chi connectivity index (χ2v) is 17.2. The van der Waals surface area contributed by atoms with Crippen molar-refractivity contribution in [3.05, 3.63) is 229 Å². The minimum atomic E-state index is -4.65. The van der Waals surface area contributed by atoms with Crippen molar-refractivity contribution in [2.75, 3.05) is 0 Å². The van der Waals surface area contributed by atoms with E-state index >= 15 is 13.2 Å². The van der Waals surface area contributed by atoms with Crippen LogP contribution in [0.5, 0.6) is 0 Å². The first-order valence-electron chi connectivity index (χ1n) is 22.6. The molecule has 0 fully saturated rings. The van der Waals surface area contributed by atoms with E-state index in [2.05, 4.69) is 54.6 Å². The van der Waals surface area contributed by atoms with Gasteiger partial charge in [-0.1, -0.05) is 133 Å². The topological polar surface area (TPSA) is 59.4 Å². The van der Waals surface area contributed by atoms with Crippen molar-refractivity contribution in [3.8, 4) is 73.3 Å². The molecule has 0 saturated carbocycles. The average Bonchev–Trinajstić information content (AvgIpc) is 3.90. The first-order valence-corrected chi connectivity index (χ1v) is 22.6. The molecule has 69 heavy (non-hydrogen) atoms. The molecule has 4 heterocycles. The number of nitrogens with zero attached hydrogens (tertiary/aromatic N) is 5. The normalized spacial score (nSPS) is 11.8. The lowest BCUT2D eigenvalue weighted by molar-refractivity contribution is -0.137. The maximum Gasteiger partial charge on any atom is 0.417 e. The van der Waals surface area contributed by atoms with E-state index < -0.39 is 11.7 Å². The van der Waals surface area contributed by atoms with Gasteiger partial charge in [0.25, 0.3) is 0 Å². The Balaban J connectivity index is 1.15. The van der Waals surface area contributed by atoms with Gasteiger partial charge in [-0.15, -0.1) is 0 Å². The zero-order chi connectivity index (χ0) is 46.8. The molecule has 0 bridgehead atoms. The van der Waals surface area contributed by atoms with E-state index in [9.17, 15) is 5.26 Å². The molecule has 8 heteroatoms. The number of hydrogen-bond donors (Lipinski definition) is 0. The van der Waals surface area contributed by atoms with Gasteiger partial charge in [-0.3, -0.25) is 9.97 Å². The van der Waals surface area contributed by atoms with E-state index in [4.69, 9.17) is 9.97 Å². The second kappa shape index (κ2) is 16.4. The van der Waals surface area contributed by atoms with Crippen LogP contribution in [0.25, 0.3) is 111 Å². The molecule has 0 atom stereocenters. The minimum absolute atomic E-state index is 0.0538. The number of fused-ring (bicyclic) bond motifs is 6. The maximum absolute atomic E-state index is 15.2. The summed E-state index contributed by atoms with van der Waals surface area (Å²) in [5, 5.41) is 15.3. The third-order valence-electron chi connectivity index (χ3n) is 13.2. The number of para-hydroxylation sites is 2. The maximum atomic E-state index is 15.2. The predicted molar refractivity (Wildman–Crippen MR) is 272 cm³/mol. The lowest BCUT2D eigenvalue weighted by Gasteiger charge is -2.21. The number of halogens is 3. The Morgan fingerprint density at radius 2 is 0.899 bits per heavy atom. The number of pyridine rings is 2. The fourth-order valence-electron chi connectivity index (χ4n) is 10.2. The minimum Gasteiger partial charge on any atom is -0.308 e. The van der Waals surface area contributed by atoms with Gasteiger partial charge in [-0.2, -0.15) is 18.4 Å². The van der Waals surface area contributed by atoms with E-state index in [0.717, 1.165) is 94.4 Å². The monoisotopic (exact) mass is 897 g/mol. The molecule has 4 aromatic heterocycles. The van der Waals surface area contributed by atoms with Crippen molar-refractivity contribution in [3.63, 3.8) is 0 Å². The Morgan fingerprint density at radius 1 is 0.435 bits per heavy atom. The summed E-state index contributed by atoms with van der Waals surface area (Å²) >= 11 is 0. The fourth-order valence-corrected chi connectivity index (χ4v) is 10.2. The van der Waals surface area contributed by atoms with Crippen LogP contribution in [0.15, 0.2) is 213 Å². The Kier molecular flexibility index (Phi) is 9.82. The van der Waals surface area contributed by atoms with E-state index in [1.165, 1.54) is 6.07 Å². The molecule has 0 spiro atoms. The van der Waals surface area contributed by atoms with Gasteiger partial charge < -0.3 is 9.13 Å². The Labute approximate surface area is 395 Å². The van der Waals surface area contributed by atoms with Crippen molar-refractivity contribution in [2.24, 2.45) is 0 Å². The van der Waals surface area contributed by atoms with Crippen LogP contribution in [0.3, 0.4) is 0 Å². The molecule has 0 saturated heterocycles. The van der Waals surface area contributed by atoms with Crippen LogP contribution in [0.4, 0.5) is 13.2 Å². The molecule has 0 unspecified atom stereocenters. The SMILES string of the molecule is Cc1cccc(C(F)(F)F)c1-c1cc(-n2c3ccccc3c3cc(-c4cccnc4-c4ccccc4)ccc32)c(C#N)c(-n2c3ccccc3c3cc(-c4cccnc4-c4ccccc4)ccc32)c1. The molecule has 8 aromatic carbocycles. The highest BCUT2D eigenvalue weighted by Gasteiger charge is 2.35. The first kappa shape index (κ1) is 41.4. The van der Waals surface area contributed by atoms with Crippen molar-refractivity contribution < 1.29 is 13.2 Å². The van der Waals surface area contributed by atoms with E-state index in [1.54, 1.807) is 37.5 Å². The Hall–Kier alpha value is -9.06. The highest BCUT2D eigenvalue weighted by molar-refractivity contribution is 6.13. The molecule has 328 valence electrons. The third-order valence-corrected chi connectivity index (χ3v) is 13.2. The van der Waals surface area contributed by atoms with Gasteiger partial charge in [0, 0.05) is 56.2 Å². The summed E-state index contributed by atoms with van der Waals surface area (Å²) in [5.74, 6) is 0. The van der Waals surface area contributed by atoms with Crippen molar-refractivity contribution >= 4 is 43.6 Å². The predicted octanol–water partition coefficient (Wildman–Crippen LogP) is 16.2. The molecule has 0 radical (unpaired) electrons. The number of benzene rings is 8. The number of aromatic nitrogens is 4. The van der Waals surface area contributed by atoms with Gasteiger partial charge in [0.05, 0.1) is 50.4 Å². The standard InChI is InChI=1S/C61H38F3N5/c1-38-15-12-24-51(61(62,63)64)58(38)43-35-56(68-52-25-10-8-20-46(52)48-33-41(27-29-54(48)68)44-22-13-31-66-59(44)39-16-4-2-5-17-39)50(37-65)57(36-43)69-53-26-11-9-21-47(53)49-34-42(28-30-55(49)69)45-23-14-32-67-60(45)40-18-6-3-7-19-40/h2-36H,1H3. The average molecular weight is 898 g/mol. The molecule has 0 aliphatic carbocycles. The number of rotatable bonds is 7. The first-order chi connectivity index (χ1) is 33.8. The largest absolute Gasteiger partial charge is 0.417 e. The van der Waals surface area contributed by atoms with E-state index in [1.807, 2.05) is 130 Å². The Bertz CT molecular complexity index is 3810. The van der Waals surface area contributed by atoms with Crippen molar-refractivity contribution in [2.45, 2.75) is 13.1 Å². The van der Waals surface area contributed by atoms with E-state index in [-0.39, 0.29) is 5.56 Å². The van der Waals surface area contributed by atoms with Gasteiger partial charge in [0.15, 0.2) is 0 Å². The molecule has 0 amide bonds. The molecular formula is C61H38F3N5. The molecule has 0 aliphatic rings. The van der Waals surface area contributed by atoms with Crippen molar-refractivity contribution in [1.29, 1.82) is 5.26 Å².